The molecule has 2 aromatic carbocycles. The quantitative estimate of drug-likeness (QED) is 0.427. The van der Waals surface area contributed by atoms with Crippen molar-refractivity contribution < 1.29 is 22.4 Å². The third kappa shape index (κ3) is 4.86. The highest BCUT2D eigenvalue weighted by Gasteiger charge is 2.34. The van der Waals surface area contributed by atoms with Crippen molar-refractivity contribution in [3.05, 3.63) is 94.3 Å². The topological polar surface area (TPSA) is 80.4 Å². The molecule has 1 amide bonds. The second-order valence-electron chi connectivity index (χ2n) is 7.08. The molecular formula is C22H17F4N5O2. The van der Waals surface area contributed by atoms with Gasteiger partial charge in [0.2, 0.25) is 0 Å². The Labute approximate surface area is 184 Å². The highest BCUT2D eigenvalue weighted by molar-refractivity contribution is 6.04. The third-order valence-corrected chi connectivity index (χ3v) is 4.82. The van der Waals surface area contributed by atoms with Crippen LogP contribution in [0.25, 0.3) is 5.65 Å². The molecule has 0 atom stereocenters. The molecule has 0 unspecified atom stereocenters. The number of hydrogen-bond donors (Lipinski definition) is 2. The predicted molar refractivity (Wildman–Crippen MR) is 114 cm³/mol. The summed E-state index contributed by atoms with van der Waals surface area (Å²) in [6.45, 7) is 0.0506. The second kappa shape index (κ2) is 8.77. The number of benzene rings is 2. The van der Waals surface area contributed by atoms with Gasteiger partial charge in [0, 0.05) is 29.7 Å². The molecule has 4 aromatic rings. The first-order valence-corrected chi connectivity index (χ1v) is 9.78. The van der Waals surface area contributed by atoms with Crippen LogP contribution < -0.4 is 16.3 Å². The van der Waals surface area contributed by atoms with Crippen LogP contribution in [0.4, 0.5) is 28.9 Å². The first-order chi connectivity index (χ1) is 15.7. The third-order valence-electron chi connectivity index (χ3n) is 4.82. The van der Waals surface area contributed by atoms with Gasteiger partial charge in [-0.2, -0.15) is 13.2 Å². The van der Waals surface area contributed by atoms with Crippen molar-refractivity contribution in [1.82, 2.24) is 14.2 Å². The van der Waals surface area contributed by atoms with E-state index in [-0.39, 0.29) is 30.0 Å². The maximum atomic E-state index is 13.6. The summed E-state index contributed by atoms with van der Waals surface area (Å²) >= 11 is 0. The molecule has 170 valence electrons. The molecule has 7 nitrogen and oxygen atoms in total. The number of nitrogens with one attached hydrogen (secondary N) is 2. The zero-order valence-electron chi connectivity index (χ0n) is 16.9. The first kappa shape index (κ1) is 22.1. The SMILES string of the molecule is O=C(Nc1ccc(NCCn2nc3ccccn3c2=O)c(C(F)(F)F)c1)c1ccc(F)cc1. The molecule has 0 aliphatic carbocycles. The van der Waals surface area contributed by atoms with E-state index in [9.17, 15) is 27.2 Å². The van der Waals surface area contributed by atoms with Gasteiger partial charge in [0.25, 0.3) is 5.91 Å². The van der Waals surface area contributed by atoms with Crippen LogP contribution in [0.15, 0.2) is 71.7 Å². The minimum atomic E-state index is -4.70. The van der Waals surface area contributed by atoms with Crippen molar-refractivity contribution in [3.8, 4) is 0 Å². The van der Waals surface area contributed by atoms with Gasteiger partial charge >= 0.3 is 11.9 Å². The van der Waals surface area contributed by atoms with Gasteiger partial charge in [-0.25, -0.2) is 13.9 Å². The van der Waals surface area contributed by atoms with E-state index in [1.54, 1.807) is 24.4 Å². The van der Waals surface area contributed by atoms with Crippen LogP contribution in [0.1, 0.15) is 15.9 Å². The van der Waals surface area contributed by atoms with E-state index in [1.165, 1.54) is 28.7 Å². The summed E-state index contributed by atoms with van der Waals surface area (Å²) in [4.78, 5) is 24.5. The lowest BCUT2D eigenvalue weighted by atomic mass is 10.1. The van der Waals surface area contributed by atoms with E-state index >= 15 is 0 Å². The highest BCUT2D eigenvalue weighted by Crippen LogP contribution is 2.36. The van der Waals surface area contributed by atoms with Crippen molar-refractivity contribution in [2.75, 3.05) is 17.2 Å². The molecule has 33 heavy (non-hydrogen) atoms. The average Bonchev–Trinajstić information content (AvgIpc) is 3.10. The maximum absolute atomic E-state index is 13.6. The van der Waals surface area contributed by atoms with E-state index in [0.717, 1.165) is 22.9 Å². The van der Waals surface area contributed by atoms with E-state index in [2.05, 4.69) is 15.7 Å². The van der Waals surface area contributed by atoms with Crippen LogP contribution in [0.2, 0.25) is 0 Å². The molecule has 2 N–H and O–H groups in total. The fourth-order valence-electron chi connectivity index (χ4n) is 3.23. The Morgan fingerprint density at radius 3 is 2.48 bits per heavy atom. The zero-order valence-corrected chi connectivity index (χ0v) is 16.9. The lowest BCUT2D eigenvalue weighted by molar-refractivity contribution is -0.136. The molecule has 0 saturated carbocycles. The minimum absolute atomic E-state index is 0.00809. The Bertz CT molecular complexity index is 1360. The van der Waals surface area contributed by atoms with Crippen LogP contribution in [-0.4, -0.2) is 26.6 Å². The number of carbonyl (C=O) groups excluding carboxylic acids is 1. The standard InChI is InChI=1S/C22H17F4N5O2/c23-15-6-4-14(5-7-15)20(32)28-16-8-9-18(17(13-16)22(24,25)26)27-10-12-31-21(33)30-11-2-1-3-19(30)29-31/h1-9,11,13,27H,10,12H2,(H,28,32). The average molecular weight is 459 g/mol. The lowest BCUT2D eigenvalue weighted by Gasteiger charge is -2.16. The van der Waals surface area contributed by atoms with Crippen molar-refractivity contribution in [2.45, 2.75) is 12.7 Å². The number of anilines is 2. The Morgan fingerprint density at radius 1 is 1.03 bits per heavy atom. The minimum Gasteiger partial charge on any atom is -0.383 e. The summed E-state index contributed by atoms with van der Waals surface area (Å²) in [5, 5.41) is 9.18. The predicted octanol–water partition coefficient (Wildman–Crippen LogP) is 4.02. The summed E-state index contributed by atoms with van der Waals surface area (Å²) in [6, 6.07) is 13.0. The molecule has 4 rings (SSSR count). The smallest absolute Gasteiger partial charge is 0.383 e. The van der Waals surface area contributed by atoms with Gasteiger partial charge in [0.05, 0.1) is 12.1 Å². The number of rotatable bonds is 6. The summed E-state index contributed by atoms with van der Waals surface area (Å²) < 4.78 is 56.4. The van der Waals surface area contributed by atoms with Crippen molar-refractivity contribution in [2.24, 2.45) is 0 Å². The zero-order chi connectivity index (χ0) is 23.6. The molecule has 2 heterocycles. The summed E-state index contributed by atoms with van der Waals surface area (Å²) in [7, 11) is 0. The van der Waals surface area contributed by atoms with Gasteiger partial charge in [0.15, 0.2) is 5.65 Å². The number of amides is 1. The number of alkyl halides is 3. The summed E-state index contributed by atoms with van der Waals surface area (Å²) in [5.41, 5.74) is -1.13. The molecule has 0 saturated heterocycles. The molecule has 11 heteroatoms. The van der Waals surface area contributed by atoms with Crippen LogP contribution >= 0.6 is 0 Å². The van der Waals surface area contributed by atoms with Crippen molar-refractivity contribution in [3.63, 3.8) is 0 Å². The maximum Gasteiger partial charge on any atom is 0.418 e. The monoisotopic (exact) mass is 459 g/mol. The van der Waals surface area contributed by atoms with Crippen molar-refractivity contribution in [1.29, 1.82) is 0 Å². The summed E-state index contributed by atoms with van der Waals surface area (Å²) in [5.74, 6) is -1.21. The van der Waals surface area contributed by atoms with Crippen LogP contribution in [-0.2, 0) is 12.7 Å². The number of carbonyl (C=O) groups is 1. The number of fused-ring (bicyclic) bond motifs is 1. The first-order valence-electron chi connectivity index (χ1n) is 9.78. The van der Waals surface area contributed by atoms with Crippen LogP contribution in [0.3, 0.4) is 0 Å². The fraction of sp³-hybridized carbons (Fsp3) is 0.136. The lowest BCUT2D eigenvalue weighted by Crippen LogP contribution is -2.25. The molecule has 0 radical (unpaired) electrons. The van der Waals surface area contributed by atoms with E-state index in [0.29, 0.717) is 5.65 Å². The molecule has 0 aliphatic rings. The highest BCUT2D eigenvalue weighted by atomic mass is 19.4. The van der Waals surface area contributed by atoms with E-state index in [4.69, 9.17) is 0 Å². The molecular weight excluding hydrogens is 442 g/mol. The van der Waals surface area contributed by atoms with Gasteiger partial charge in [-0.1, -0.05) is 6.07 Å². The number of nitrogens with zero attached hydrogens (tertiary/aromatic N) is 3. The number of pyridine rings is 1. The van der Waals surface area contributed by atoms with Crippen LogP contribution in [0.5, 0.6) is 0 Å². The normalized spacial score (nSPS) is 11.5. The Morgan fingerprint density at radius 2 is 1.79 bits per heavy atom. The number of aromatic nitrogens is 3. The van der Waals surface area contributed by atoms with Gasteiger partial charge < -0.3 is 10.6 Å². The number of halogens is 4. The van der Waals surface area contributed by atoms with E-state index < -0.39 is 29.2 Å². The molecule has 0 aliphatic heterocycles. The molecule has 0 spiro atoms. The fourth-order valence-corrected chi connectivity index (χ4v) is 3.23. The van der Waals surface area contributed by atoms with Crippen LogP contribution in [0, 0.1) is 5.82 Å². The van der Waals surface area contributed by atoms with Gasteiger partial charge in [-0.3, -0.25) is 9.20 Å². The Hall–Kier alpha value is -4.15. The van der Waals surface area contributed by atoms with Gasteiger partial charge in [-0.05, 0) is 54.6 Å². The second-order valence-corrected chi connectivity index (χ2v) is 7.08. The Kier molecular flexibility index (Phi) is 5.86. The Balaban J connectivity index is 1.49. The number of hydrogen-bond acceptors (Lipinski definition) is 4. The van der Waals surface area contributed by atoms with E-state index in [1.807, 2.05) is 0 Å². The molecule has 0 fully saturated rings. The van der Waals surface area contributed by atoms with Crippen molar-refractivity contribution >= 4 is 22.9 Å². The van der Waals surface area contributed by atoms with Gasteiger partial charge in [-0.15, -0.1) is 5.10 Å². The summed E-state index contributed by atoms with van der Waals surface area (Å²) in [6.07, 6.45) is -3.14. The molecule has 0 bridgehead atoms. The van der Waals surface area contributed by atoms with Gasteiger partial charge in [0.1, 0.15) is 5.82 Å². The molecule has 2 aromatic heterocycles. The largest absolute Gasteiger partial charge is 0.418 e.